The van der Waals surface area contributed by atoms with Crippen molar-refractivity contribution < 1.29 is 9.13 Å². The van der Waals surface area contributed by atoms with Crippen LogP contribution in [0, 0.1) is 5.82 Å². The molecule has 2 aromatic rings. The Morgan fingerprint density at radius 2 is 1.84 bits per heavy atom. The lowest BCUT2D eigenvalue weighted by atomic mass is 10.1. The van der Waals surface area contributed by atoms with Gasteiger partial charge in [0.1, 0.15) is 17.3 Å². The average molecular weight is 259 g/mol. The van der Waals surface area contributed by atoms with E-state index in [1.165, 1.54) is 17.7 Å². The van der Waals surface area contributed by atoms with Gasteiger partial charge in [0.2, 0.25) is 0 Å². The molecule has 1 unspecified atom stereocenters. The molecule has 0 fully saturated rings. The van der Waals surface area contributed by atoms with Gasteiger partial charge in [-0.25, -0.2) is 4.39 Å². The van der Waals surface area contributed by atoms with Crippen LogP contribution in [-0.2, 0) is 0 Å². The fraction of sp³-hybridized carbons (Fsp3) is 0.250. The summed E-state index contributed by atoms with van der Waals surface area (Å²) >= 11 is 0. The van der Waals surface area contributed by atoms with E-state index < -0.39 is 0 Å². The lowest BCUT2D eigenvalue weighted by Gasteiger charge is -2.13. The van der Waals surface area contributed by atoms with Crippen LogP contribution in [0.15, 0.2) is 48.5 Å². The minimum absolute atomic E-state index is 0.296. The lowest BCUT2D eigenvalue weighted by molar-refractivity contribution is 0.476. The van der Waals surface area contributed by atoms with Crippen molar-refractivity contribution in [2.75, 3.05) is 6.54 Å². The van der Waals surface area contributed by atoms with Crippen molar-refractivity contribution in [3.05, 3.63) is 59.9 Å². The van der Waals surface area contributed by atoms with Crippen molar-refractivity contribution in [1.82, 2.24) is 5.32 Å². The Kier molecular flexibility index (Phi) is 4.53. The summed E-state index contributed by atoms with van der Waals surface area (Å²) in [6, 6.07) is 14.3. The number of nitrogens with one attached hydrogen (secondary N) is 1. The van der Waals surface area contributed by atoms with E-state index in [-0.39, 0.29) is 5.82 Å². The molecule has 0 aliphatic rings. The van der Waals surface area contributed by atoms with E-state index in [1.54, 1.807) is 12.1 Å². The van der Waals surface area contributed by atoms with Crippen LogP contribution in [-0.4, -0.2) is 6.54 Å². The molecule has 0 aliphatic carbocycles. The van der Waals surface area contributed by atoms with Crippen molar-refractivity contribution in [3.63, 3.8) is 0 Å². The quantitative estimate of drug-likeness (QED) is 0.865. The molecule has 19 heavy (non-hydrogen) atoms. The van der Waals surface area contributed by atoms with Gasteiger partial charge in [0.15, 0.2) is 0 Å². The normalized spacial score (nSPS) is 12.2. The molecule has 100 valence electrons. The summed E-state index contributed by atoms with van der Waals surface area (Å²) in [6.07, 6.45) is 0. The maximum Gasteiger partial charge on any atom is 0.130 e. The Hall–Kier alpha value is -1.87. The molecule has 2 aromatic carbocycles. The van der Waals surface area contributed by atoms with E-state index in [9.17, 15) is 4.39 Å². The zero-order valence-electron chi connectivity index (χ0n) is 11.2. The third-order valence-corrected chi connectivity index (χ3v) is 2.92. The van der Waals surface area contributed by atoms with Crippen LogP contribution >= 0.6 is 0 Å². The molecule has 0 saturated heterocycles. The molecule has 0 heterocycles. The monoisotopic (exact) mass is 259 g/mol. The second-order valence-corrected chi connectivity index (χ2v) is 4.41. The third kappa shape index (κ3) is 3.80. The number of hydrogen-bond donors (Lipinski definition) is 1. The predicted molar refractivity (Wildman–Crippen MR) is 75.0 cm³/mol. The molecule has 0 amide bonds. The summed E-state index contributed by atoms with van der Waals surface area (Å²) in [5, 5.41) is 3.35. The van der Waals surface area contributed by atoms with Crippen molar-refractivity contribution >= 4 is 0 Å². The Morgan fingerprint density at radius 1 is 1.11 bits per heavy atom. The topological polar surface area (TPSA) is 21.3 Å². The highest BCUT2D eigenvalue weighted by Gasteiger charge is 2.04. The van der Waals surface area contributed by atoms with Crippen LogP contribution in [0.5, 0.6) is 11.5 Å². The fourth-order valence-electron chi connectivity index (χ4n) is 1.92. The zero-order valence-corrected chi connectivity index (χ0v) is 11.2. The number of halogens is 1. The smallest absolute Gasteiger partial charge is 0.130 e. The molecule has 2 rings (SSSR count). The number of rotatable bonds is 5. The van der Waals surface area contributed by atoms with Crippen LogP contribution < -0.4 is 10.1 Å². The van der Waals surface area contributed by atoms with Crippen LogP contribution in [0.2, 0.25) is 0 Å². The number of hydrogen-bond acceptors (Lipinski definition) is 2. The van der Waals surface area contributed by atoms with Gasteiger partial charge in [0, 0.05) is 12.1 Å². The van der Waals surface area contributed by atoms with Gasteiger partial charge in [-0.15, -0.1) is 0 Å². The van der Waals surface area contributed by atoms with Crippen molar-refractivity contribution in [2.45, 2.75) is 19.9 Å². The van der Waals surface area contributed by atoms with E-state index in [1.807, 2.05) is 24.3 Å². The first-order chi connectivity index (χ1) is 9.19. The van der Waals surface area contributed by atoms with Gasteiger partial charge in [-0.3, -0.25) is 0 Å². The summed E-state index contributed by atoms with van der Waals surface area (Å²) in [6.45, 7) is 5.13. The third-order valence-electron chi connectivity index (χ3n) is 2.92. The van der Waals surface area contributed by atoms with Gasteiger partial charge in [0.25, 0.3) is 0 Å². The first kappa shape index (κ1) is 13.6. The molecule has 0 aliphatic heterocycles. The fourth-order valence-corrected chi connectivity index (χ4v) is 1.92. The molecule has 1 N–H and O–H groups in total. The van der Waals surface area contributed by atoms with Gasteiger partial charge < -0.3 is 10.1 Å². The Morgan fingerprint density at radius 3 is 2.47 bits per heavy atom. The van der Waals surface area contributed by atoms with Crippen molar-refractivity contribution in [1.29, 1.82) is 0 Å². The maximum absolute atomic E-state index is 13.0. The summed E-state index contributed by atoms with van der Waals surface area (Å²) in [4.78, 5) is 0. The summed E-state index contributed by atoms with van der Waals surface area (Å²) in [5.74, 6) is 0.917. The summed E-state index contributed by atoms with van der Waals surface area (Å²) in [7, 11) is 0. The highest BCUT2D eigenvalue weighted by molar-refractivity contribution is 5.34. The molecule has 0 bridgehead atoms. The second kappa shape index (κ2) is 6.34. The Balaban J connectivity index is 2.06. The summed E-state index contributed by atoms with van der Waals surface area (Å²) in [5.41, 5.74) is 1.20. The van der Waals surface area contributed by atoms with Crippen LogP contribution in [0.25, 0.3) is 0 Å². The maximum atomic E-state index is 13.0. The van der Waals surface area contributed by atoms with Gasteiger partial charge in [0.05, 0.1) is 0 Å². The molecular weight excluding hydrogens is 241 g/mol. The average Bonchev–Trinajstić information content (AvgIpc) is 2.40. The van der Waals surface area contributed by atoms with Crippen LogP contribution in [0.1, 0.15) is 25.5 Å². The zero-order chi connectivity index (χ0) is 13.7. The number of ether oxygens (including phenoxy) is 1. The SMILES string of the molecule is CCNC(C)c1ccc(Oc2cccc(F)c2)cc1. The predicted octanol–water partition coefficient (Wildman–Crippen LogP) is 4.29. The minimum Gasteiger partial charge on any atom is -0.457 e. The van der Waals surface area contributed by atoms with E-state index in [4.69, 9.17) is 4.74 Å². The largest absolute Gasteiger partial charge is 0.457 e. The molecule has 0 radical (unpaired) electrons. The van der Waals surface area contributed by atoms with E-state index in [0.29, 0.717) is 17.5 Å². The second-order valence-electron chi connectivity index (χ2n) is 4.41. The highest BCUT2D eigenvalue weighted by Crippen LogP contribution is 2.23. The summed E-state index contributed by atoms with van der Waals surface area (Å²) < 4.78 is 18.6. The van der Waals surface area contributed by atoms with Crippen LogP contribution in [0.3, 0.4) is 0 Å². The highest BCUT2D eigenvalue weighted by atomic mass is 19.1. The van der Waals surface area contributed by atoms with Crippen molar-refractivity contribution in [3.8, 4) is 11.5 Å². The first-order valence-electron chi connectivity index (χ1n) is 6.46. The van der Waals surface area contributed by atoms with E-state index >= 15 is 0 Å². The first-order valence-corrected chi connectivity index (χ1v) is 6.46. The van der Waals surface area contributed by atoms with E-state index in [2.05, 4.69) is 19.2 Å². The van der Waals surface area contributed by atoms with Gasteiger partial charge in [-0.1, -0.05) is 25.1 Å². The van der Waals surface area contributed by atoms with Gasteiger partial charge in [-0.05, 0) is 43.3 Å². The minimum atomic E-state index is -0.296. The number of benzene rings is 2. The molecule has 2 nitrogen and oxygen atoms in total. The molecule has 0 spiro atoms. The molecular formula is C16H18FNO. The molecule has 0 saturated carbocycles. The standard InChI is InChI=1S/C16H18FNO/c1-3-18-12(2)13-7-9-15(10-8-13)19-16-6-4-5-14(17)11-16/h4-12,18H,3H2,1-2H3. The van der Waals surface area contributed by atoms with Gasteiger partial charge >= 0.3 is 0 Å². The Labute approximate surface area is 113 Å². The Bertz CT molecular complexity index is 525. The molecule has 1 atom stereocenters. The van der Waals surface area contributed by atoms with Gasteiger partial charge in [-0.2, -0.15) is 0 Å². The molecule has 3 heteroatoms. The molecule has 0 aromatic heterocycles. The van der Waals surface area contributed by atoms with Crippen molar-refractivity contribution in [2.24, 2.45) is 0 Å². The van der Waals surface area contributed by atoms with E-state index in [0.717, 1.165) is 6.54 Å². The lowest BCUT2D eigenvalue weighted by Crippen LogP contribution is -2.17. The van der Waals surface area contributed by atoms with Crippen LogP contribution in [0.4, 0.5) is 4.39 Å².